The van der Waals surface area contributed by atoms with Crippen molar-refractivity contribution in [2.75, 3.05) is 19.7 Å². The molecule has 0 spiro atoms. The van der Waals surface area contributed by atoms with Crippen LogP contribution in [0.25, 0.3) is 10.4 Å². The molecule has 0 saturated carbocycles. The predicted molar refractivity (Wildman–Crippen MR) is 81.9 cm³/mol. The Bertz CT molecular complexity index is 553. The van der Waals surface area contributed by atoms with Crippen LogP contribution in [0.5, 0.6) is 0 Å². The second-order valence-corrected chi connectivity index (χ2v) is 5.05. The molecular formula is C15H22N4O2. The molecule has 6 heteroatoms. The highest BCUT2D eigenvalue weighted by Gasteiger charge is 2.37. The van der Waals surface area contributed by atoms with Gasteiger partial charge < -0.3 is 4.74 Å². The summed E-state index contributed by atoms with van der Waals surface area (Å²) in [4.78, 5) is 15.1. The zero-order chi connectivity index (χ0) is 15.9. The molecule has 6 nitrogen and oxygen atoms in total. The van der Waals surface area contributed by atoms with E-state index in [0.717, 1.165) is 16.7 Å². The minimum absolute atomic E-state index is 0.274. The van der Waals surface area contributed by atoms with E-state index in [4.69, 9.17) is 10.3 Å². The second-order valence-electron chi connectivity index (χ2n) is 5.05. The monoisotopic (exact) mass is 290 g/mol. The minimum Gasteiger partial charge on any atom is -0.464 e. The van der Waals surface area contributed by atoms with Crippen LogP contribution >= 0.6 is 0 Å². The molecule has 114 valence electrons. The maximum atomic E-state index is 12.4. The first-order valence-corrected chi connectivity index (χ1v) is 6.96. The molecular weight excluding hydrogens is 268 g/mol. The van der Waals surface area contributed by atoms with Gasteiger partial charge in [0.25, 0.3) is 0 Å². The third-order valence-electron chi connectivity index (χ3n) is 3.37. The molecule has 0 radical (unpaired) electrons. The van der Waals surface area contributed by atoms with E-state index >= 15 is 0 Å². The fourth-order valence-electron chi connectivity index (χ4n) is 2.23. The third-order valence-corrected chi connectivity index (χ3v) is 3.37. The van der Waals surface area contributed by atoms with Gasteiger partial charge in [0.15, 0.2) is 0 Å². The number of nitrogens with zero attached hydrogens (tertiary/aromatic N) is 3. The topological polar surface area (TPSA) is 87.1 Å². The first kappa shape index (κ1) is 17.0. The molecule has 0 aliphatic heterocycles. The SMILES string of the molecule is CCOC(=O)C(C)(NCCN=[N+]=[N-])c1cc(C)ccc1C. The van der Waals surface area contributed by atoms with E-state index in [2.05, 4.69) is 15.3 Å². The van der Waals surface area contributed by atoms with E-state index < -0.39 is 5.54 Å². The van der Waals surface area contributed by atoms with Crippen LogP contribution in [0.4, 0.5) is 0 Å². The zero-order valence-electron chi connectivity index (χ0n) is 13.0. The number of aryl methyl sites for hydroxylation is 2. The van der Waals surface area contributed by atoms with Gasteiger partial charge in [-0.05, 0) is 44.4 Å². The molecule has 0 amide bonds. The van der Waals surface area contributed by atoms with E-state index in [1.165, 1.54) is 0 Å². The van der Waals surface area contributed by atoms with Crippen molar-refractivity contribution in [2.24, 2.45) is 5.11 Å². The molecule has 0 fully saturated rings. The molecule has 1 aromatic rings. The van der Waals surface area contributed by atoms with Crippen molar-refractivity contribution in [2.45, 2.75) is 33.2 Å². The Morgan fingerprint density at radius 1 is 1.48 bits per heavy atom. The van der Waals surface area contributed by atoms with E-state index in [-0.39, 0.29) is 12.5 Å². The average Bonchev–Trinajstić information content (AvgIpc) is 2.46. The Kier molecular flexibility index (Phi) is 6.21. The Balaban J connectivity index is 3.13. The summed E-state index contributed by atoms with van der Waals surface area (Å²) in [5, 5.41) is 6.64. The maximum Gasteiger partial charge on any atom is 0.330 e. The van der Waals surface area contributed by atoms with E-state index in [0.29, 0.717) is 13.2 Å². The molecule has 0 aliphatic rings. The van der Waals surface area contributed by atoms with Gasteiger partial charge in [0.05, 0.1) is 6.61 Å². The number of esters is 1. The van der Waals surface area contributed by atoms with Crippen molar-refractivity contribution in [3.05, 3.63) is 45.3 Å². The number of nitrogens with one attached hydrogen (secondary N) is 1. The van der Waals surface area contributed by atoms with Crippen molar-refractivity contribution in [1.82, 2.24) is 5.32 Å². The van der Waals surface area contributed by atoms with Crippen molar-refractivity contribution in [1.29, 1.82) is 0 Å². The quantitative estimate of drug-likeness (QED) is 0.275. The predicted octanol–water partition coefficient (Wildman–Crippen LogP) is 2.98. The lowest BCUT2D eigenvalue weighted by Gasteiger charge is -2.30. The number of carbonyl (C=O) groups excluding carboxylic acids is 1. The number of hydrogen-bond donors (Lipinski definition) is 1. The highest BCUT2D eigenvalue weighted by molar-refractivity contribution is 5.82. The van der Waals surface area contributed by atoms with E-state index in [1.54, 1.807) is 13.8 Å². The number of ether oxygens (including phenoxy) is 1. The van der Waals surface area contributed by atoms with Crippen LogP contribution in [0, 0.1) is 13.8 Å². The van der Waals surface area contributed by atoms with Gasteiger partial charge in [-0.15, -0.1) is 0 Å². The number of benzene rings is 1. The van der Waals surface area contributed by atoms with Gasteiger partial charge in [0.2, 0.25) is 0 Å². The minimum atomic E-state index is -0.961. The van der Waals surface area contributed by atoms with Gasteiger partial charge in [0.1, 0.15) is 5.54 Å². The second kappa shape index (κ2) is 7.67. The molecule has 0 aromatic heterocycles. The first-order valence-electron chi connectivity index (χ1n) is 6.96. The number of carbonyl (C=O) groups is 1. The van der Waals surface area contributed by atoms with Gasteiger partial charge in [-0.2, -0.15) is 0 Å². The number of azide groups is 1. The summed E-state index contributed by atoms with van der Waals surface area (Å²) < 4.78 is 5.21. The van der Waals surface area contributed by atoms with Crippen LogP contribution in [-0.2, 0) is 15.1 Å². The van der Waals surface area contributed by atoms with Crippen LogP contribution < -0.4 is 5.32 Å². The van der Waals surface area contributed by atoms with Gasteiger partial charge in [-0.3, -0.25) is 5.32 Å². The third kappa shape index (κ3) is 4.21. The Labute approximate surface area is 125 Å². The fraction of sp³-hybridized carbons (Fsp3) is 0.533. The molecule has 0 bridgehead atoms. The van der Waals surface area contributed by atoms with Gasteiger partial charge in [-0.25, -0.2) is 4.79 Å². The van der Waals surface area contributed by atoms with Crippen molar-refractivity contribution >= 4 is 5.97 Å². The molecule has 1 aromatic carbocycles. The highest BCUT2D eigenvalue weighted by Crippen LogP contribution is 2.26. The Morgan fingerprint density at radius 3 is 2.81 bits per heavy atom. The smallest absolute Gasteiger partial charge is 0.330 e. The maximum absolute atomic E-state index is 12.4. The summed E-state index contributed by atoms with van der Waals surface area (Å²) in [6.45, 7) is 8.50. The van der Waals surface area contributed by atoms with Gasteiger partial charge in [-0.1, -0.05) is 28.9 Å². The number of rotatable bonds is 7. The first-order chi connectivity index (χ1) is 9.95. The van der Waals surface area contributed by atoms with Gasteiger partial charge >= 0.3 is 5.97 Å². The normalized spacial score (nSPS) is 13.1. The Hall–Kier alpha value is -2.04. The van der Waals surface area contributed by atoms with Crippen LogP contribution in [0.3, 0.4) is 0 Å². The van der Waals surface area contributed by atoms with Crippen LogP contribution in [0.1, 0.15) is 30.5 Å². The lowest BCUT2D eigenvalue weighted by atomic mass is 9.87. The fourth-order valence-corrected chi connectivity index (χ4v) is 2.23. The summed E-state index contributed by atoms with van der Waals surface area (Å²) >= 11 is 0. The highest BCUT2D eigenvalue weighted by atomic mass is 16.5. The summed E-state index contributed by atoms with van der Waals surface area (Å²) in [6.07, 6.45) is 0. The summed E-state index contributed by atoms with van der Waals surface area (Å²) in [5.41, 5.74) is 10.3. The van der Waals surface area contributed by atoms with Crippen molar-refractivity contribution in [3.63, 3.8) is 0 Å². The van der Waals surface area contributed by atoms with Crippen LogP contribution in [0.2, 0.25) is 0 Å². The summed E-state index contributed by atoms with van der Waals surface area (Å²) in [5.74, 6) is -0.334. The molecule has 0 heterocycles. The molecule has 0 saturated heterocycles. The molecule has 21 heavy (non-hydrogen) atoms. The van der Waals surface area contributed by atoms with Crippen molar-refractivity contribution in [3.8, 4) is 0 Å². The Morgan fingerprint density at radius 2 is 2.19 bits per heavy atom. The van der Waals surface area contributed by atoms with Crippen LogP contribution in [-0.4, -0.2) is 25.7 Å². The van der Waals surface area contributed by atoms with Gasteiger partial charge in [0, 0.05) is 18.0 Å². The van der Waals surface area contributed by atoms with Crippen molar-refractivity contribution < 1.29 is 9.53 Å². The molecule has 1 unspecified atom stereocenters. The number of hydrogen-bond acceptors (Lipinski definition) is 4. The lowest BCUT2D eigenvalue weighted by Crippen LogP contribution is -2.49. The molecule has 1 rings (SSSR count). The lowest BCUT2D eigenvalue weighted by molar-refractivity contribution is -0.151. The molecule has 0 aliphatic carbocycles. The standard InChI is InChI=1S/C15H22N4O2/c1-5-21-14(20)15(4,17-8-9-18-19-16)13-10-11(2)6-7-12(13)3/h6-7,10,17H,5,8-9H2,1-4H3. The summed E-state index contributed by atoms with van der Waals surface area (Å²) in [6, 6.07) is 5.97. The summed E-state index contributed by atoms with van der Waals surface area (Å²) in [7, 11) is 0. The molecule has 1 N–H and O–H groups in total. The van der Waals surface area contributed by atoms with E-state index in [9.17, 15) is 4.79 Å². The largest absolute Gasteiger partial charge is 0.464 e. The zero-order valence-corrected chi connectivity index (χ0v) is 13.0. The van der Waals surface area contributed by atoms with Crippen LogP contribution in [0.15, 0.2) is 23.3 Å². The van der Waals surface area contributed by atoms with E-state index in [1.807, 2.05) is 32.0 Å². The molecule has 1 atom stereocenters. The average molecular weight is 290 g/mol.